The van der Waals surface area contributed by atoms with Crippen molar-refractivity contribution in [1.82, 2.24) is 0 Å². The topological polar surface area (TPSA) is 29.5 Å². The molecule has 1 N–H and O–H groups in total. The van der Waals surface area contributed by atoms with E-state index in [4.69, 9.17) is 4.74 Å². The standard InChI is InChI=1S/C12H20O2/c1-5-10(3)11(4)8-7-9-12(13)14-6-2/h5,7-9,12-13H,6H2,1-4H3/b9-7+,10-5-,11-8-. The van der Waals surface area contributed by atoms with E-state index in [9.17, 15) is 5.11 Å². The number of aliphatic hydroxyl groups excluding tert-OH is 1. The molecule has 0 heterocycles. The van der Waals surface area contributed by atoms with Gasteiger partial charge in [-0.25, -0.2) is 0 Å². The Labute approximate surface area is 86.6 Å². The maximum atomic E-state index is 9.20. The number of rotatable bonds is 5. The Balaban J connectivity index is 4.14. The zero-order chi connectivity index (χ0) is 11.0. The molecule has 0 rings (SSSR count). The highest BCUT2D eigenvalue weighted by molar-refractivity contribution is 5.29. The summed E-state index contributed by atoms with van der Waals surface area (Å²) in [5, 5.41) is 9.20. The Hall–Kier alpha value is -0.860. The first-order chi connectivity index (χ1) is 6.61. The van der Waals surface area contributed by atoms with Crippen molar-refractivity contribution in [2.24, 2.45) is 0 Å². The minimum atomic E-state index is -0.796. The third-order valence-corrected chi connectivity index (χ3v) is 2.01. The fraction of sp³-hybridized carbons (Fsp3) is 0.500. The average Bonchev–Trinajstić information content (AvgIpc) is 2.16. The lowest BCUT2D eigenvalue weighted by Gasteiger charge is -2.03. The van der Waals surface area contributed by atoms with Crippen LogP contribution in [0.3, 0.4) is 0 Å². The van der Waals surface area contributed by atoms with Crippen LogP contribution in [-0.4, -0.2) is 18.0 Å². The Kier molecular flexibility index (Phi) is 7.07. The van der Waals surface area contributed by atoms with Gasteiger partial charge in [0, 0.05) is 6.61 Å². The van der Waals surface area contributed by atoms with Gasteiger partial charge in [-0.1, -0.05) is 23.8 Å². The molecular formula is C12H20O2. The summed E-state index contributed by atoms with van der Waals surface area (Å²) in [5.41, 5.74) is 2.42. The third-order valence-electron chi connectivity index (χ3n) is 2.01. The lowest BCUT2D eigenvalue weighted by molar-refractivity contribution is -0.0586. The van der Waals surface area contributed by atoms with Gasteiger partial charge in [-0.2, -0.15) is 0 Å². The van der Waals surface area contributed by atoms with Crippen molar-refractivity contribution in [3.05, 3.63) is 35.5 Å². The van der Waals surface area contributed by atoms with Crippen LogP contribution in [0.1, 0.15) is 27.7 Å². The Morgan fingerprint density at radius 3 is 2.50 bits per heavy atom. The number of hydrogen-bond acceptors (Lipinski definition) is 2. The van der Waals surface area contributed by atoms with Gasteiger partial charge in [-0.15, -0.1) is 0 Å². The smallest absolute Gasteiger partial charge is 0.174 e. The second-order valence-electron chi connectivity index (χ2n) is 3.05. The summed E-state index contributed by atoms with van der Waals surface area (Å²) in [6, 6.07) is 0. The molecule has 0 radical (unpaired) electrons. The minimum absolute atomic E-state index is 0.516. The van der Waals surface area contributed by atoms with E-state index >= 15 is 0 Å². The number of hydrogen-bond donors (Lipinski definition) is 1. The molecule has 80 valence electrons. The van der Waals surface area contributed by atoms with Crippen LogP contribution in [-0.2, 0) is 4.74 Å². The molecule has 0 fully saturated rings. The van der Waals surface area contributed by atoms with E-state index in [0.29, 0.717) is 6.61 Å². The second-order valence-corrected chi connectivity index (χ2v) is 3.05. The van der Waals surface area contributed by atoms with Crippen molar-refractivity contribution in [3.63, 3.8) is 0 Å². The van der Waals surface area contributed by atoms with E-state index in [1.165, 1.54) is 11.1 Å². The Bertz CT molecular complexity index is 237. The first-order valence-electron chi connectivity index (χ1n) is 4.89. The van der Waals surface area contributed by atoms with Crippen LogP contribution in [0.5, 0.6) is 0 Å². The molecule has 0 saturated heterocycles. The van der Waals surface area contributed by atoms with Crippen LogP contribution in [0.2, 0.25) is 0 Å². The van der Waals surface area contributed by atoms with Crippen molar-refractivity contribution in [2.45, 2.75) is 34.0 Å². The maximum Gasteiger partial charge on any atom is 0.174 e. The van der Waals surface area contributed by atoms with Gasteiger partial charge in [0.15, 0.2) is 6.29 Å². The van der Waals surface area contributed by atoms with Crippen molar-refractivity contribution < 1.29 is 9.84 Å². The first-order valence-corrected chi connectivity index (χ1v) is 4.89. The lowest BCUT2D eigenvalue weighted by Crippen LogP contribution is -2.06. The van der Waals surface area contributed by atoms with E-state index in [-0.39, 0.29) is 0 Å². The number of aliphatic hydroxyl groups is 1. The summed E-state index contributed by atoms with van der Waals surface area (Å²) in [6.07, 6.45) is 6.64. The van der Waals surface area contributed by atoms with E-state index in [2.05, 4.69) is 13.0 Å². The number of ether oxygens (including phenoxy) is 1. The van der Waals surface area contributed by atoms with Crippen LogP contribution in [0, 0.1) is 0 Å². The van der Waals surface area contributed by atoms with Gasteiger partial charge in [0.1, 0.15) is 0 Å². The molecule has 0 aromatic carbocycles. The molecule has 0 aliphatic carbocycles. The molecule has 2 nitrogen and oxygen atoms in total. The van der Waals surface area contributed by atoms with E-state index in [1.54, 1.807) is 6.08 Å². The van der Waals surface area contributed by atoms with Crippen LogP contribution in [0.4, 0.5) is 0 Å². The highest BCUT2D eigenvalue weighted by atomic mass is 16.6. The summed E-state index contributed by atoms with van der Waals surface area (Å²) < 4.78 is 4.94. The molecule has 0 aromatic rings. The minimum Gasteiger partial charge on any atom is -0.365 e. The molecule has 0 aliphatic heterocycles. The molecule has 0 bridgehead atoms. The quantitative estimate of drug-likeness (QED) is 0.541. The van der Waals surface area contributed by atoms with E-state index in [1.807, 2.05) is 32.9 Å². The fourth-order valence-electron chi connectivity index (χ4n) is 0.880. The van der Waals surface area contributed by atoms with Crippen LogP contribution < -0.4 is 0 Å². The van der Waals surface area contributed by atoms with Gasteiger partial charge in [0.2, 0.25) is 0 Å². The average molecular weight is 196 g/mol. The Morgan fingerprint density at radius 1 is 1.36 bits per heavy atom. The summed E-state index contributed by atoms with van der Waals surface area (Å²) in [6.45, 7) is 8.46. The largest absolute Gasteiger partial charge is 0.365 e. The molecule has 0 aromatic heterocycles. The van der Waals surface area contributed by atoms with Crippen molar-refractivity contribution in [1.29, 1.82) is 0 Å². The fourth-order valence-corrected chi connectivity index (χ4v) is 0.880. The first kappa shape index (κ1) is 13.1. The highest BCUT2D eigenvalue weighted by Gasteiger charge is 1.93. The molecule has 0 amide bonds. The van der Waals surface area contributed by atoms with Gasteiger partial charge in [-0.05, 0) is 39.3 Å². The molecule has 1 unspecified atom stereocenters. The van der Waals surface area contributed by atoms with Crippen molar-refractivity contribution in [3.8, 4) is 0 Å². The zero-order valence-corrected chi connectivity index (χ0v) is 9.45. The monoisotopic (exact) mass is 196 g/mol. The van der Waals surface area contributed by atoms with Crippen LogP contribution >= 0.6 is 0 Å². The maximum absolute atomic E-state index is 9.20. The zero-order valence-electron chi connectivity index (χ0n) is 9.45. The summed E-state index contributed by atoms with van der Waals surface area (Å²) in [5.74, 6) is 0. The SMILES string of the molecule is C\C=C(C)/C(C)=C\C=C\C(O)OCC. The van der Waals surface area contributed by atoms with Gasteiger partial charge < -0.3 is 9.84 Å². The Morgan fingerprint density at radius 2 is 2.00 bits per heavy atom. The summed E-state index contributed by atoms with van der Waals surface area (Å²) >= 11 is 0. The summed E-state index contributed by atoms with van der Waals surface area (Å²) in [4.78, 5) is 0. The molecule has 0 aliphatic rings. The molecule has 0 saturated carbocycles. The lowest BCUT2D eigenvalue weighted by atomic mass is 10.1. The van der Waals surface area contributed by atoms with Crippen molar-refractivity contribution in [2.75, 3.05) is 6.61 Å². The molecule has 14 heavy (non-hydrogen) atoms. The van der Waals surface area contributed by atoms with Gasteiger partial charge in [0.25, 0.3) is 0 Å². The van der Waals surface area contributed by atoms with Crippen LogP contribution in [0.15, 0.2) is 35.5 Å². The van der Waals surface area contributed by atoms with Gasteiger partial charge in [-0.3, -0.25) is 0 Å². The summed E-state index contributed by atoms with van der Waals surface area (Å²) in [7, 11) is 0. The predicted molar refractivity (Wildman–Crippen MR) is 60.0 cm³/mol. The normalized spacial score (nSPS) is 16.4. The van der Waals surface area contributed by atoms with Gasteiger partial charge in [0.05, 0.1) is 0 Å². The van der Waals surface area contributed by atoms with Gasteiger partial charge >= 0.3 is 0 Å². The predicted octanol–water partition coefficient (Wildman–Crippen LogP) is 2.81. The highest BCUT2D eigenvalue weighted by Crippen LogP contribution is 2.07. The van der Waals surface area contributed by atoms with Crippen LogP contribution in [0.25, 0.3) is 0 Å². The molecule has 2 heteroatoms. The molecular weight excluding hydrogens is 176 g/mol. The number of allylic oxidation sites excluding steroid dienone is 5. The molecule has 1 atom stereocenters. The second kappa shape index (κ2) is 7.54. The molecule has 0 spiro atoms. The van der Waals surface area contributed by atoms with E-state index in [0.717, 1.165) is 0 Å². The third kappa shape index (κ3) is 5.73. The van der Waals surface area contributed by atoms with E-state index < -0.39 is 6.29 Å². The van der Waals surface area contributed by atoms with Crippen molar-refractivity contribution >= 4 is 0 Å².